The smallest absolute Gasteiger partial charge is 0.322 e. The summed E-state index contributed by atoms with van der Waals surface area (Å²) >= 11 is 0. The molecule has 0 saturated carbocycles. The van der Waals surface area contributed by atoms with Crippen molar-refractivity contribution >= 4 is 16.0 Å². The third kappa shape index (κ3) is 4.41. The van der Waals surface area contributed by atoms with E-state index in [1.54, 1.807) is 12.1 Å². The first-order valence-electron chi connectivity index (χ1n) is 4.61. The van der Waals surface area contributed by atoms with Crippen LogP contribution in [0.4, 0.5) is 0 Å². The maximum Gasteiger partial charge on any atom is 0.322 e. The fraction of sp³-hybridized carbons (Fsp3) is 0.300. The first-order valence-corrected chi connectivity index (χ1v) is 6.27. The summed E-state index contributed by atoms with van der Waals surface area (Å²) in [5.74, 6) is -1.43. The highest BCUT2D eigenvalue weighted by atomic mass is 32.2. The van der Waals surface area contributed by atoms with Gasteiger partial charge in [0.2, 0.25) is 10.0 Å². The number of ether oxygens (including phenoxy) is 1. The molecule has 0 aliphatic rings. The van der Waals surface area contributed by atoms with Crippen LogP contribution in [0, 0.1) is 0 Å². The van der Waals surface area contributed by atoms with Crippen molar-refractivity contribution in [1.82, 2.24) is 4.72 Å². The van der Waals surface area contributed by atoms with E-state index in [0.717, 1.165) is 12.7 Å². The van der Waals surface area contributed by atoms with Gasteiger partial charge in [-0.15, -0.1) is 0 Å². The van der Waals surface area contributed by atoms with Gasteiger partial charge in [-0.2, -0.15) is 0 Å². The molecule has 0 fully saturated rings. The fourth-order valence-electron chi connectivity index (χ4n) is 1.05. The summed E-state index contributed by atoms with van der Waals surface area (Å²) in [6, 6.07) is 9.04. The number of methoxy groups -OCH3 is 1. The number of carbonyl (C=O) groups is 1. The molecule has 16 heavy (non-hydrogen) atoms. The van der Waals surface area contributed by atoms with E-state index in [4.69, 9.17) is 0 Å². The second-order valence-corrected chi connectivity index (χ2v) is 4.95. The van der Waals surface area contributed by atoms with Crippen molar-refractivity contribution in [2.75, 3.05) is 12.9 Å². The molecule has 1 aromatic rings. The molecule has 0 aliphatic carbocycles. The van der Waals surface area contributed by atoms with E-state index in [2.05, 4.69) is 9.46 Å². The van der Waals surface area contributed by atoms with Crippen molar-refractivity contribution in [3.63, 3.8) is 0 Å². The van der Waals surface area contributed by atoms with Gasteiger partial charge in [-0.3, -0.25) is 4.79 Å². The van der Waals surface area contributed by atoms with Crippen LogP contribution in [0.5, 0.6) is 0 Å². The zero-order valence-electron chi connectivity index (χ0n) is 8.84. The summed E-state index contributed by atoms with van der Waals surface area (Å²) in [4.78, 5) is 10.8. The first kappa shape index (κ1) is 12.7. The predicted octanol–water partition coefficient (Wildman–Crippen LogP) is 0.279. The Bertz CT molecular complexity index is 441. The molecule has 0 radical (unpaired) electrons. The minimum absolute atomic E-state index is 0.167. The molecule has 0 aliphatic heterocycles. The van der Waals surface area contributed by atoms with Gasteiger partial charge in [-0.25, -0.2) is 13.1 Å². The molecule has 0 unspecified atom stereocenters. The fourth-order valence-corrected chi connectivity index (χ4v) is 1.97. The number of benzene rings is 1. The molecule has 0 bridgehead atoms. The van der Waals surface area contributed by atoms with Crippen LogP contribution in [0.15, 0.2) is 30.3 Å². The van der Waals surface area contributed by atoms with Gasteiger partial charge in [0.15, 0.2) is 5.75 Å². The lowest BCUT2D eigenvalue weighted by Crippen LogP contribution is -2.30. The van der Waals surface area contributed by atoms with Gasteiger partial charge in [0.25, 0.3) is 0 Å². The van der Waals surface area contributed by atoms with Crippen molar-refractivity contribution in [3.8, 4) is 0 Å². The average Bonchev–Trinajstić information content (AvgIpc) is 2.27. The Morgan fingerprint density at radius 1 is 1.31 bits per heavy atom. The van der Waals surface area contributed by atoms with Crippen molar-refractivity contribution in [2.24, 2.45) is 0 Å². The van der Waals surface area contributed by atoms with Crippen LogP contribution >= 0.6 is 0 Å². The van der Waals surface area contributed by atoms with Crippen molar-refractivity contribution in [3.05, 3.63) is 35.9 Å². The molecular weight excluding hydrogens is 230 g/mol. The molecule has 0 aromatic heterocycles. The number of rotatable bonds is 5. The molecule has 0 spiro atoms. The Kier molecular flexibility index (Phi) is 4.45. The van der Waals surface area contributed by atoms with E-state index in [-0.39, 0.29) is 6.54 Å². The Balaban J connectivity index is 2.52. The monoisotopic (exact) mass is 243 g/mol. The summed E-state index contributed by atoms with van der Waals surface area (Å²) < 4.78 is 29.3. The number of hydrogen-bond acceptors (Lipinski definition) is 4. The molecule has 0 amide bonds. The van der Waals surface area contributed by atoms with E-state index >= 15 is 0 Å². The topological polar surface area (TPSA) is 72.5 Å². The molecule has 1 rings (SSSR count). The number of carbonyl (C=O) groups excluding carboxylic acids is 1. The maximum atomic E-state index is 11.4. The van der Waals surface area contributed by atoms with Gasteiger partial charge in [0.1, 0.15) is 0 Å². The summed E-state index contributed by atoms with van der Waals surface area (Å²) in [6.45, 7) is 0.167. The highest BCUT2D eigenvalue weighted by molar-refractivity contribution is 7.90. The van der Waals surface area contributed by atoms with Crippen molar-refractivity contribution < 1.29 is 17.9 Å². The molecule has 0 heterocycles. The zero-order valence-corrected chi connectivity index (χ0v) is 9.66. The molecule has 0 saturated heterocycles. The molecule has 6 heteroatoms. The molecule has 5 nitrogen and oxygen atoms in total. The number of esters is 1. The number of sulfonamides is 1. The Morgan fingerprint density at radius 3 is 2.50 bits per heavy atom. The lowest BCUT2D eigenvalue weighted by molar-refractivity contribution is -0.137. The van der Waals surface area contributed by atoms with Crippen molar-refractivity contribution in [1.29, 1.82) is 0 Å². The van der Waals surface area contributed by atoms with E-state index in [0.29, 0.717) is 0 Å². The average molecular weight is 243 g/mol. The van der Waals surface area contributed by atoms with Crippen molar-refractivity contribution in [2.45, 2.75) is 6.54 Å². The van der Waals surface area contributed by atoms with Crippen LogP contribution in [-0.2, 0) is 26.1 Å². The van der Waals surface area contributed by atoms with E-state index in [9.17, 15) is 13.2 Å². The highest BCUT2D eigenvalue weighted by Gasteiger charge is 2.15. The van der Waals surface area contributed by atoms with E-state index < -0.39 is 21.7 Å². The summed E-state index contributed by atoms with van der Waals surface area (Å²) in [5, 5.41) is 0. The quantitative estimate of drug-likeness (QED) is 0.754. The standard InChI is InChI=1S/C10H13NO4S/c1-15-10(12)8-16(13,14)11-7-9-5-3-2-4-6-9/h2-6,11H,7-8H2,1H3. The van der Waals surface area contributed by atoms with Crippen LogP contribution in [-0.4, -0.2) is 27.2 Å². The first-order chi connectivity index (χ1) is 7.53. The Hall–Kier alpha value is -1.40. The van der Waals surface area contributed by atoms with Gasteiger partial charge in [-0.05, 0) is 5.56 Å². The minimum atomic E-state index is -3.62. The third-order valence-electron chi connectivity index (χ3n) is 1.87. The maximum absolute atomic E-state index is 11.4. The zero-order chi connectivity index (χ0) is 12.0. The lowest BCUT2D eigenvalue weighted by atomic mass is 10.2. The second-order valence-electron chi connectivity index (χ2n) is 3.14. The van der Waals surface area contributed by atoms with Crippen LogP contribution in [0.3, 0.4) is 0 Å². The third-order valence-corrected chi connectivity index (χ3v) is 3.07. The second kappa shape index (κ2) is 5.62. The minimum Gasteiger partial charge on any atom is -0.468 e. The summed E-state index contributed by atoms with van der Waals surface area (Å²) in [6.07, 6.45) is 0. The summed E-state index contributed by atoms with van der Waals surface area (Å²) in [7, 11) is -2.47. The predicted molar refractivity (Wildman–Crippen MR) is 59.1 cm³/mol. The van der Waals surface area contributed by atoms with Crippen LogP contribution in [0.1, 0.15) is 5.56 Å². The van der Waals surface area contributed by atoms with Gasteiger partial charge >= 0.3 is 5.97 Å². The lowest BCUT2D eigenvalue weighted by Gasteiger charge is -2.05. The SMILES string of the molecule is COC(=O)CS(=O)(=O)NCc1ccccc1. The Labute approximate surface area is 94.5 Å². The summed E-state index contributed by atoms with van der Waals surface area (Å²) in [5.41, 5.74) is 0.830. The Morgan fingerprint density at radius 2 is 1.94 bits per heavy atom. The number of hydrogen-bond donors (Lipinski definition) is 1. The normalized spacial score (nSPS) is 11.1. The number of nitrogens with one attached hydrogen (secondary N) is 1. The highest BCUT2D eigenvalue weighted by Crippen LogP contribution is 1.98. The van der Waals surface area contributed by atoms with Crippen LogP contribution < -0.4 is 4.72 Å². The molecule has 1 N–H and O–H groups in total. The molecule has 0 atom stereocenters. The van der Waals surface area contributed by atoms with Gasteiger partial charge in [0, 0.05) is 6.54 Å². The molecular formula is C10H13NO4S. The van der Waals surface area contributed by atoms with Crippen LogP contribution in [0.2, 0.25) is 0 Å². The molecule has 88 valence electrons. The van der Waals surface area contributed by atoms with Gasteiger partial charge < -0.3 is 4.74 Å². The van der Waals surface area contributed by atoms with Crippen LogP contribution in [0.25, 0.3) is 0 Å². The van der Waals surface area contributed by atoms with Gasteiger partial charge in [-0.1, -0.05) is 30.3 Å². The largest absolute Gasteiger partial charge is 0.468 e. The van der Waals surface area contributed by atoms with E-state index in [1.165, 1.54) is 0 Å². The van der Waals surface area contributed by atoms with Gasteiger partial charge in [0.05, 0.1) is 7.11 Å². The van der Waals surface area contributed by atoms with E-state index in [1.807, 2.05) is 18.2 Å². The molecule has 1 aromatic carbocycles.